The van der Waals surface area contributed by atoms with Crippen molar-refractivity contribution in [3.05, 3.63) is 53.2 Å². The van der Waals surface area contributed by atoms with E-state index in [1.54, 1.807) is 17.2 Å². The number of rotatable bonds is 7. The van der Waals surface area contributed by atoms with Crippen molar-refractivity contribution in [1.82, 2.24) is 10.2 Å². The van der Waals surface area contributed by atoms with Crippen LogP contribution in [-0.4, -0.2) is 60.6 Å². The SMILES string of the molecule is CC1(CN2CCC(N=CC(=CN)Cc3ccc4c5c(cccc35)C(=O)N4C3CCC(=O)NC3=O)CC2)CC1. The van der Waals surface area contributed by atoms with Gasteiger partial charge in [-0.1, -0.05) is 25.1 Å². The smallest absolute Gasteiger partial charge is 0.259 e. The van der Waals surface area contributed by atoms with Crippen molar-refractivity contribution in [2.24, 2.45) is 16.1 Å². The van der Waals surface area contributed by atoms with Crippen LogP contribution in [-0.2, 0) is 16.0 Å². The Hall–Kier alpha value is -3.52. The number of allylic oxidation sites excluding steroid dienone is 1. The molecular formula is C30H35N5O3. The summed E-state index contributed by atoms with van der Waals surface area (Å²) >= 11 is 0. The molecule has 8 heteroatoms. The second kappa shape index (κ2) is 9.66. The number of hydrogen-bond donors (Lipinski definition) is 2. The van der Waals surface area contributed by atoms with Crippen LogP contribution < -0.4 is 16.0 Å². The average Bonchev–Trinajstić information content (AvgIpc) is 3.57. The summed E-state index contributed by atoms with van der Waals surface area (Å²) in [5.74, 6) is -0.913. The highest BCUT2D eigenvalue weighted by Gasteiger charge is 2.41. The number of nitrogens with one attached hydrogen (secondary N) is 1. The maximum absolute atomic E-state index is 13.4. The fourth-order valence-corrected chi connectivity index (χ4v) is 6.17. The van der Waals surface area contributed by atoms with Crippen LogP contribution >= 0.6 is 0 Å². The van der Waals surface area contributed by atoms with Gasteiger partial charge < -0.3 is 10.6 Å². The Kier molecular flexibility index (Phi) is 6.30. The highest BCUT2D eigenvalue weighted by atomic mass is 16.2. The third-order valence-electron chi connectivity index (χ3n) is 8.67. The number of aliphatic imine (C=N–C) groups is 1. The summed E-state index contributed by atoms with van der Waals surface area (Å²) in [7, 11) is 0. The van der Waals surface area contributed by atoms with Gasteiger partial charge in [0, 0.05) is 49.6 Å². The second-order valence-electron chi connectivity index (χ2n) is 11.6. The fraction of sp³-hybridized carbons (Fsp3) is 0.467. The maximum Gasteiger partial charge on any atom is 0.259 e. The van der Waals surface area contributed by atoms with Gasteiger partial charge in [-0.05, 0) is 72.4 Å². The third-order valence-corrected chi connectivity index (χ3v) is 8.67. The molecule has 4 aliphatic rings. The lowest BCUT2D eigenvalue weighted by atomic mass is 9.96. The van der Waals surface area contributed by atoms with E-state index in [1.807, 2.05) is 30.5 Å². The molecule has 0 spiro atoms. The maximum atomic E-state index is 13.4. The molecule has 3 heterocycles. The van der Waals surface area contributed by atoms with Crippen LogP contribution in [0.5, 0.6) is 0 Å². The molecule has 2 aromatic carbocycles. The quantitative estimate of drug-likeness (QED) is 0.436. The molecule has 38 heavy (non-hydrogen) atoms. The number of anilines is 1. The summed E-state index contributed by atoms with van der Waals surface area (Å²) in [5, 5.41) is 4.20. The molecule has 1 saturated carbocycles. The van der Waals surface area contributed by atoms with Crippen molar-refractivity contribution in [3.63, 3.8) is 0 Å². The molecule has 6 rings (SSSR count). The van der Waals surface area contributed by atoms with E-state index in [-0.39, 0.29) is 18.2 Å². The van der Waals surface area contributed by atoms with Gasteiger partial charge in [0.1, 0.15) is 6.04 Å². The molecule has 2 aromatic rings. The van der Waals surface area contributed by atoms with Crippen molar-refractivity contribution >= 4 is 40.4 Å². The van der Waals surface area contributed by atoms with E-state index in [4.69, 9.17) is 10.7 Å². The molecule has 1 aliphatic carbocycles. The van der Waals surface area contributed by atoms with E-state index in [0.717, 1.165) is 53.5 Å². The zero-order chi connectivity index (χ0) is 26.4. The van der Waals surface area contributed by atoms with Gasteiger partial charge in [0.05, 0.1) is 11.7 Å². The van der Waals surface area contributed by atoms with Gasteiger partial charge in [0.25, 0.3) is 5.91 Å². The van der Waals surface area contributed by atoms with Crippen LogP contribution in [0.3, 0.4) is 0 Å². The molecule has 8 nitrogen and oxygen atoms in total. The predicted molar refractivity (Wildman–Crippen MR) is 148 cm³/mol. The number of hydrogen-bond acceptors (Lipinski definition) is 6. The Morgan fingerprint density at radius 1 is 1.13 bits per heavy atom. The van der Waals surface area contributed by atoms with Crippen LogP contribution in [0.25, 0.3) is 10.8 Å². The number of piperidine rings is 2. The monoisotopic (exact) mass is 513 g/mol. The molecule has 198 valence electrons. The molecule has 3 N–H and O–H groups in total. The summed E-state index contributed by atoms with van der Waals surface area (Å²) in [6, 6.07) is 9.26. The first-order chi connectivity index (χ1) is 18.3. The van der Waals surface area contributed by atoms with Gasteiger partial charge in [-0.2, -0.15) is 0 Å². The number of imide groups is 1. The summed E-state index contributed by atoms with van der Waals surface area (Å²) in [4.78, 5) is 46.6. The van der Waals surface area contributed by atoms with Gasteiger partial charge in [-0.15, -0.1) is 0 Å². The van der Waals surface area contributed by atoms with Crippen LogP contribution in [0.1, 0.15) is 61.4 Å². The fourth-order valence-electron chi connectivity index (χ4n) is 6.17. The van der Waals surface area contributed by atoms with Crippen molar-refractivity contribution < 1.29 is 14.4 Å². The Morgan fingerprint density at radius 2 is 1.92 bits per heavy atom. The molecule has 2 saturated heterocycles. The third kappa shape index (κ3) is 4.62. The van der Waals surface area contributed by atoms with Crippen LogP contribution in [0.4, 0.5) is 5.69 Å². The zero-order valence-electron chi connectivity index (χ0n) is 21.9. The predicted octanol–water partition coefficient (Wildman–Crippen LogP) is 3.33. The van der Waals surface area contributed by atoms with E-state index in [2.05, 4.69) is 17.1 Å². The van der Waals surface area contributed by atoms with E-state index < -0.39 is 11.9 Å². The van der Waals surface area contributed by atoms with E-state index in [1.165, 1.54) is 19.4 Å². The Balaban J connectivity index is 1.18. The standard InChI is InChI=1S/C30H35N5O3/c1-30(11-12-30)18-34-13-9-21(10-14-34)32-17-19(16-31)15-20-5-6-24-27-22(20)3-2-4-23(27)29(38)35(24)25-7-8-26(36)33-28(25)37/h2-6,16-17,21,25H,7-15,18,31H2,1H3,(H,33,36,37). The minimum atomic E-state index is -0.688. The molecule has 1 atom stereocenters. The minimum absolute atomic E-state index is 0.199. The molecular weight excluding hydrogens is 478 g/mol. The van der Waals surface area contributed by atoms with Crippen LogP contribution in [0.2, 0.25) is 0 Å². The van der Waals surface area contributed by atoms with Crippen molar-refractivity contribution in [3.8, 4) is 0 Å². The number of likely N-dealkylation sites (tertiary alicyclic amines) is 1. The summed E-state index contributed by atoms with van der Waals surface area (Å²) in [6.45, 7) is 5.81. The number of carbonyl (C=O) groups excluding carboxylic acids is 3. The normalized spacial score (nSPS) is 24.0. The van der Waals surface area contributed by atoms with Gasteiger partial charge in [0.15, 0.2) is 0 Å². The molecule has 0 bridgehead atoms. The molecule has 3 amide bonds. The van der Waals surface area contributed by atoms with Gasteiger partial charge in [-0.3, -0.25) is 29.6 Å². The topological polar surface area (TPSA) is 108 Å². The molecule has 0 aromatic heterocycles. The number of benzene rings is 2. The van der Waals surface area contributed by atoms with Crippen molar-refractivity contribution in [1.29, 1.82) is 0 Å². The highest BCUT2D eigenvalue weighted by molar-refractivity contribution is 6.27. The summed E-state index contributed by atoms with van der Waals surface area (Å²) < 4.78 is 0. The lowest BCUT2D eigenvalue weighted by Crippen LogP contribution is -2.53. The number of amides is 3. The van der Waals surface area contributed by atoms with Crippen molar-refractivity contribution in [2.45, 2.75) is 64.0 Å². The Bertz CT molecular complexity index is 1370. The van der Waals surface area contributed by atoms with E-state index >= 15 is 0 Å². The first kappa shape index (κ1) is 24.8. The van der Waals surface area contributed by atoms with Gasteiger partial charge >= 0.3 is 0 Å². The lowest BCUT2D eigenvalue weighted by molar-refractivity contribution is -0.134. The average molecular weight is 514 g/mol. The molecule has 1 unspecified atom stereocenters. The van der Waals surface area contributed by atoms with Crippen molar-refractivity contribution in [2.75, 3.05) is 24.5 Å². The lowest BCUT2D eigenvalue weighted by Gasteiger charge is -2.32. The van der Waals surface area contributed by atoms with Gasteiger partial charge in [-0.25, -0.2) is 0 Å². The van der Waals surface area contributed by atoms with Crippen LogP contribution in [0, 0.1) is 5.41 Å². The minimum Gasteiger partial charge on any atom is -0.404 e. The Morgan fingerprint density at radius 3 is 2.63 bits per heavy atom. The first-order valence-corrected chi connectivity index (χ1v) is 13.7. The number of carbonyl (C=O) groups is 3. The van der Waals surface area contributed by atoms with Gasteiger partial charge in [0.2, 0.25) is 11.8 Å². The van der Waals surface area contributed by atoms with E-state index in [0.29, 0.717) is 29.9 Å². The summed E-state index contributed by atoms with van der Waals surface area (Å²) in [6.07, 6.45) is 9.55. The first-order valence-electron chi connectivity index (χ1n) is 13.7. The summed E-state index contributed by atoms with van der Waals surface area (Å²) in [5.41, 5.74) is 9.87. The largest absolute Gasteiger partial charge is 0.404 e. The molecule has 3 aliphatic heterocycles. The number of nitrogens with two attached hydrogens (primary N) is 1. The number of nitrogens with zero attached hydrogens (tertiary/aromatic N) is 3. The highest BCUT2D eigenvalue weighted by Crippen LogP contribution is 2.46. The second-order valence-corrected chi connectivity index (χ2v) is 11.6. The zero-order valence-corrected chi connectivity index (χ0v) is 21.9. The van der Waals surface area contributed by atoms with Crippen LogP contribution in [0.15, 0.2) is 47.1 Å². The van der Waals surface area contributed by atoms with E-state index in [9.17, 15) is 14.4 Å². The molecule has 3 fully saturated rings. The molecule has 0 radical (unpaired) electrons. The Labute approximate surface area is 222 Å².